The van der Waals surface area contributed by atoms with E-state index in [-0.39, 0.29) is 18.0 Å². The third kappa shape index (κ3) is 8.48. The first-order valence-corrected chi connectivity index (χ1v) is 5.92. The lowest BCUT2D eigenvalue weighted by atomic mass is 9.88. The van der Waals surface area contributed by atoms with Crippen molar-refractivity contribution in [1.29, 1.82) is 0 Å². The summed E-state index contributed by atoms with van der Waals surface area (Å²) in [5.41, 5.74) is 0. The second-order valence-corrected chi connectivity index (χ2v) is 4.19. The maximum absolute atomic E-state index is 10.6. The van der Waals surface area contributed by atoms with Crippen molar-refractivity contribution in [2.75, 3.05) is 0 Å². The SMILES string of the molecule is C=COC(C)=O.CC(=O)O[C@H]1CCCC[C@H]1C. The van der Waals surface area contributed by atoms with Crippen LogP contribution >= 0.6 is 0 Å². The molecule has 0 aromatic carbocycles. The molecule has 0 heterocycles. The lowest BCUT2D eigenvalue weighted by Gasteiger charge is -2.27. The Morgan fingerprint density at radius 1 is 1.18 bits per heavy atom. The summed E-state index contributed by atoms with van der Waals surface area (Å²) in [5.74, 6) is 0.0985. The highest BCUT2D eigenvalue weighted by molar-refractivity contribution is 5.66. The van der Waals surface area contributed by atoms with Gasteiger partial charge in [-0.25, -0.2) is 0 Å². The number of esters is 2. The average Bonchev–Trinajstić information content (AvgIpc) is 2.21. The van der Waals surface area contributed by atoms with E-state index in [0.717, 1.165) is 12.7 Å². The normalized spacial score (nSPS) is 22.8. The molecule has 0 bridgehead atoms. The van der Waals surface area contributed by atoms with Gasteiger partial charge in [0.15, 0.2) is 0 Å². The van der Waals surface area contributed by atoms with Crippen LogP contribution in [0.5, 0.6) is 0 Å². The van der Waals surface area contributed by atoms with Gasteiger partial charge in [-0.3, -0.25) is 9.59 Å². The van der Waals surface area contributed by atoms with Gasteiger partial charge in [-0.1, -0.05) is 19.9 Å². The van der Waals surface area contributed by atoms with Gasteiger partial charge < -0.3 is 9.47 Å². The molecule has 0 aromatic rings. The highest BCUT2D eigenvalue weighted by atomic mass is 16.5. The zero-order valence-electron chi connectivity index (χ0n) is 10.9. The number of rotatable bonds is 2. The van der Waals surface area contributed by atoms with E-state index >= 15 is 0 Å². The summed E-state index contributed by atoms with van der Waals surface area (Å²) in [5, 5.41) is 0. The van der Waals surface area contributed by atoms with Crippen molar-refractivity contribution in [1.82, 2.24) is 0 Å². The maximum Gasteiger partial charge on any atom is 0.307 e. The highest BCUT2D eigenvalue weighted by Gasteiger charge is 2.23. The molecule has 4 nitrogen and oxygen atoms in total. The highest BCUT2D eigenvalue weighted by Crippen LogP contribution is 2.26. The molecule has 1 rings (SSSR count). The molecule has 0 aliphatic heterocycles. The molecule has 98 valence electrons. The standard InChI is InChI=1S/C9H16O2.C4H6O2/c1-7-5-3-4-6-9(7)11-8(2)10;1-3-6-4(2)5/h7,9H,3-6H2,1-2H3;3H,1H2,2H3/t7-,9+;/m1./s1. The molecule has 2 atom stereocenters. The number of hydrogen-bond acceptors (Lipinski definition) is 4. The van der Waals surface area contributed by atoms with Gasteiger partial charge in [-0.2, -0.15) is 0 Å². The van der Waals surface area contributed by atoms with Gasteiger partial charge in [0, 0.05) is 13.8 Å². The van der Waals surface area contributed by atoms with E-state index in [1.165, 1.54) is 33.1 Å². The molecule has 0 saturated heterocycles. The lowest BCUT2D eigenvalue weighted by molar-refractivity contribution is -0.150. The molecular weight excluding hydrogens is 220 g/mol. The first-order chi connectivity index (χ1) is 7.97. The largest absolute Gasteiger partial charge is 0.462 e. The second kappa shape index (κ2) is 8.79. The van der Waals surface area contributed by atoms with Gasteiger partial charge in [0.05, 0.1) is 6.26 Å². The van der Waals surface area contributed by atoms with Crippen molar-refractivity contribution in [2.45, 2.75) is 52.6 Å². The molecule has 0 N–H and O–H groups in total. The van der Waals surface area contributed by atoms with Crippen molar-refractivity contribution in [3.8, 4) is 0 Å². The summed E-state index contributed by atoms with van der Waals surface area (Å²) in [4.78, 5) is 20.4. The fourth-order valence-corrected chi connectivity index (χ4v) is 1.79. The molecule has 1 aliphatic rings. The van der Waals surface area contributed by atoms with Crippen LogP contribution in [-0.2, 0) is 19.1 Å². The first-order valence-electron chi connectivity index (χ1n) is 5.92. The van der Waals surface area contributed by atoms with Crippen LogP contribution in [0.2, 0.25) is 0 Å². The molecule has 4 heteroatoms. The fourth-order valence-electron chi connectivity index (χ4n) is 1.79. The van der Waals surface area contributed by atoms with Gasteiger partial charge in [-0.15, -0.1) is 0 Å². The average molecular weight is 242 g/mol. The van der Waals surface area contributed by atoms with E-state index in [1.807, 2.05) is 0 Å². The lowest BCUT2D eigenvalue weighted by Crippen LogP contribution is -2.27. The van der Waals surface area contributed by atoms with Crippen LogP contribution in [0, 0.1) is 5.92 Å². The number of ether oxygens (including phenoxy) is 2. The Hall–Kier alpha value is -1.32. The zero-order chi connectivity index (χ0) is 13.3. The Balaban J connectivity index is 0.000000366. The molecular formula is C13H22O4. The molecule has 0 unspecified atom stereocenters. The summed E-state index contributed by atoms with van der Waals surface area (Å²) in [6, 6.07) is 0. The van der Waals surface area contributed by atoms with Gasteiger partial charge in [0.1, 0.15) is 6.10 Å². The van der Waals surface area contributed by atoms with E-state index in [2.05, 4.69) is 18.2 Å². The van der Waals surface area contributed by atoms with Gasteiger partial charge in [0.2, 0.25) is 0 Å². The minimum atomic E-state index is -0.329. The second-order valence-electron chi connectivity index (χ2n) is 4.19. The summed E-state index contributed by atoms with van der Waals surface area (Å²) >= 11 is 0. The number of hydrogen-bond donors (Lipinski definition) is 0. The van der Waals surface area contributed by atoms with Crippen LogP contribution in [0.15, 0.2) is 12.8 Å². The molecule has 0 aromatic heterocycles. The van der Waals surface area contributed by atoms with Crippen LogP contribution in [0.25, 0.3) is 0 Å². The third-order valence-corrected chi connectivity index (χ3v) is 2.60. The predicted molar refractivity (Wildman–Crippen MR) is 65.1 cm³/mol. The number of carbonyl (C=O) groups is 2. The quantitative estimate of drug-likeness (QED) is 0.552. The van der Waals surface area contributed by atoms with Crippen LogP contribution < -0.4 is 0 Å². The predicted octanol–water partition coefficient (Wildman–Crippen LogP) is 2.82. The number of carbonyl (C=O) groups excluding carboxylic acids is 2. The van der Waals surface area contributed by atoms with E-state index in [4.69, 9.17) is 4.74 Å². The molecule has 1 fully saturated rings. The van der Waals surface area contributed by atoms with Gasteiger partial charge in [-0.05, 0) is 25.2 Å². The molecule has 0 amide bonds. The van der Waals surface area contributed by atoms with Crippen molar-refractivity contribution < 1.29 is 19.1 Å². The van der Waals surface area contributed by atoms with E-state index in [0.29, 0.717) is 5.92 Å². The Morgan fingerprint density at radius 2 is 1.76 bits per heavy atom. The van der Waals surface area contributed by atoms with Crippen molar-refractivity contribution in [2.24, 2.45) is 5.92 Å². The Morgan fingerprint density at radius 3 is 2.12 bits per heavy atom. The van der Waals surface area contributed by atoms with Crippen LogP contribution in [-0.4, -0.2) is 18.0 Å². The third-order valence-electron chi connectivity index (χ3n) is 2.60. The summed E-state index contributed by atoms with van der Waals surface area (Å²) in [7, 11) is 0. The fraction of sp³-hybridized carbons (Fsp3) is 0.692. The van der Waals surface area contributed by atoms with Crippen molar-refractivity contribution in [3.63, 3.8) is 0 Å². The Bertz CT molecular complexity index is 260. The molecule has 0 spiro atoms. The minimum Gasteiger partial charge on any atom is -0.462 e. The van der Waals surface area contributed by atoms with E-state index < -0.39 is 0 Å². The zero-order valence-corrected chi connectivity index (χ0v) is 10.9. The van der Waals surface area contributed by atoms with Crippen LogP contribution in [0.4, 0.5) is 0 Å². The minimum absolute atomic E-state index is 0.135. The van der Waals surface area contributed by atoms with Gasteiger partial charge >= 0.3 is 11.9 Å². The molecule has 1 aliphatic carbocycles. The monoisotopic (exact) mass is 242 g/mol. The molecule has 17 heavy (non-hydrogen) atoms. The molecule has 0 radical (unpaired) electrons. The van der Waals surface area contributed by atoms with Crippen LogP contribution in [0.3, 0.4) is 0 Å². The Labute approximate surface area is 103 Å². The first kappa shape index (κ1) is 15.7. The topological polar surface area (TPSA) is 52.6 Å². The summed E-state index contributed by atoms with van der Waals surface area (Å²) in [6.45, 7) is 8.13. The Kier molecular flexibility index (Phi) is 8.11. The van der Waals surface area contributed by atoms with E-state index in [1.54, 1.807) is 0 Å². The smallest absolute Gasteiger partial charge is 0.307 e. The van der Waals surface area contributed by atoms with Gasteiger partial charge in [0.25, 0.3) is 0 Å². The van der Waals surface area contributed by atoms with Crippen LogP contribution in [0.1, 0.15) is 46.5 Å². The molecule has 1 saturated carbocycles. The van der Waals surface area contributed by atoms with Crippen molar-refractivity contribution >= 4 is 11.9 Å². The van der Waals surface area contributed by atoms with E-state index in [9.17, 15) is 9.59 Å². The summed E-state index contributed by atoms with van der Waals surface area (Å²) in [6.07, 6.45) is 6.06. The van der Waals surface area contributed by atoms with Crippen molar-refractivity contribution in [3.05, 3.63) is 12.8 Å². The summed E-state index contributed by atoms with van der Waals surface area (Å²) < 4.78 is 9.33. The maximum atomic E-state index is 10.6.